The Hall–Kier alpha value is -3.11. The van der Waals surface area contributed by atoms with Crippen molar-refractivity contribution in [1.82, 2.24) is 10.2 Å². The van der Waals surface area contributed by atoms with Gasteiger partial charge in [-0.05, 0) is 37.1 Å². The molecule has 1 aromatic carbocycles. The van der Waals surface area contributed by atoms with Crippen molar-refractivity contribution in [2.75, 3.05) is 16.8 Å². The fraction of sp³-hybridized carbons (Fsp3) is 0.412. The van der Waals surface area contributed by atoms with Gasteiger partial charge in [0.1, 0.15) is 5.75 Å². The molecular formula is C17H15F3N4O4. The molecule has 0 radical (unpaired) electrons. The lowest BCUT2D eigenvalue weighted by Gasteiger charge is -2.17. The van der Waals surface area contributed by atoms with Gasteiger partial charge in [-0.3, -0.25) is 14.9 Å². The molecule has 1 aromatic heterocycles. The van der Waals surface area contributed by atoms with Gasteiger partial charge in [-0.1, -0.05) is 5.10 Å². The number of hydrogen-bond donors (Lipinski definition) is 1. The molecule has 1 atom stereocenters. The molecule has 0 spiro atoms. The lowest BCUT2D eigenvalue weighted by Crippen LogP contribution is -2.24. The molecule has 1 aliphatic carbocycles. The molecule has 148 valence electrons. The molecule has 2 heterocycles. The minimum Gasteiger partial charge on any atom is -0.407 e. The van der Waals surface area contributed by atoms with Crippen LogP contribution in [0.1, 0.15) is 31.1 Å². The summed E-state index contributed by atoms with van der Waals surface area (Å²) >= 11 is 0. The Morgan fingerprint density at radius 3 is 2.57 bits per heavy atom. The Balaban J connectivity index is 1.41. The van der Waals surface area contributed by atoms with Crippen molar-refractivity contribution in [3.8, 4) is 5.75 Å². The Bertz CT molecular complexity index is 893. The molecule has 28 heavy (non-hydrogen) atoms. The summed E-state index contributed by atoms with van der Waals surface area (Å²) < 4.78 is 46.0. The molecule has 2 amide bonds. The quantitative estimate of drug-likeness (QED) is 0.835. The smallest absolute Gasteiger partial charge is 0.407 e. The molecule has 2 aliphatic rings. The number of rotatable bonds is 5. The topological polar surface area (TPSA) is 97.6 Å². The van der Waals surface area contributed by atoms with E-state index >= 15 is 0 Å². The van der Waals surface area contributed by atoms with Crippen LogP contribution in [0, 0.1) is 5.92 Å². The van der Waals surface area contributed by atoms with Gasteiger partial charge in [0, 0.05) is 24.6 Å². The van der Waals surface area contributed by atoms with E-state index in [4.69, 9.17) is 4.42 Å². The zero-order valence-corrected chi connectivity index (χ0v) is 14.4. The number of alkyl halides is 3. The number of anilines is 2. The van der Waals surface area contributed by atoms with Crippen molar-refractivity contribution in [2.24, 2.45) is 5.92 Å². The van der Waals surface area contributed by atoms with E-state index in [-0.39, 0.29) is 54.3 Å². The van der Waals surface area contributed by atoms with Crippen LogP contribution in [0.5, 0.6) is 5.75 Å². The summed E-state index contributed by atoms with van der Waals surface area (Å²) in [6.45, 7) is 0.233. The third-order valence-corrected chi connectivity index (χ3v) is 4.48. The summed E-state index contributed by atoms with van der Waals surface area (Å²) in [5, 5.41) is 10.2. The first-order valence-electron chi connectivity index (χ1n) is 8.59. The number of benzene rings is 1. The van der Waals surface area contributed by atoms with Crippen molar-refractivity contribution in [2.45, 2.75) is 31.5 Å². The van der Waals surface area contributed by atoms with E-state index in [1.807, 2.05) is 0 Å². The van der Waals surface area contributed by atoms with E-state index in [0.717, 1.165) is 25.0 Å². The Morgan fingerprint density at radius 2 is 1.93 bits per heavy atom. The van der Waals surface area contributed by atoms with Crippen LogP contribution in [0.2, 0.25) is 0 Å². The zero-order valence-electron chi connectivity index (χ0n) is 14.4. The minimum atomic E-state index is -4.78. The fourth-order valence-electron chi connectivity index (χ4n) is 2.95. The molecule has 11 heteroatoms. The molecule has 1 N–H and O–H groups in total. The number of amides is 2. The highest BCUT2D eigenvalue weighted by Gasteiger charge is 2.36. The van der Waals surface area contributed by atoms with Crippen LogP contribution in [0.25, 0.3) is 0 Å². The fourth-order valence-corrected chi connectivity index (χ4v) is 2.95. The molecule has 8 nitrogen and oxygen atoms in total. The number of nitrogens with zero attached hydrogens (tertiary/aromatic N) is 3. The van der Waals surface area contributed by atoms with E-state index in [0.29, 0.717) is 5.69 Å². The van der Waals surface area contributed by atoms with Crippen molar-refractivity contribution in [3.63, 3.8) is 0 Å². The van der Waals surface area contributed by atoms with Crippen LogP contribution in [-0.2, 0) is 9.59 Å². The highest BCUT2D eigenvalue weighted by Crippen LogP contribution is 2.34. The van der Waals surface area contributed by atoms with Crippen molar-refractivity contribution in [3.05, 3.63) is 30.2 Å². The lowest BCUT2D eigenvalue weighted by atomic mass is 10.1. The van der Waals surface area contributed by atoms with Gasteiger partial charge in [0.15, 0.2) is 0 Å². The molecule has 2 fully saturated rings. The normalized spacial score (nSPS) is 19.8. The van der Waals surface area contributed by atoms with Gasteiger partial charge < -0.3 is 14.1 Å². The van der Waals surface area contributed by atoms with Crippen LogP contribution in [0.15, 0.2) is 28.7 Å². The minimum absolute atomic E-state index is 0.00792. The first kappa shape index (κ1) is 18.3. The Kier molecular flexibility index (Phi) is 4.44. The third-order valence-electron chi connectivity index (χ3n) is 4.48. The summed E-state index contributed by atoms with van der Waals surface area (Å²) in [5.41, 5.74) is 0.434. The van der Waals surface area contributed by atoms with Gasteiger partial charge in [0.2, 0.25) is 17.7 Å². The number of ether oxygens (including phenoxy) is 1. The second kappa shape index (κ2) is 6.80. The lowest BCUT2D eigenvalue weighted by molar-refractivity contribution is -0.274. The summed E-state index contributed by atoms with van der Waals surface area (Å²) in [6, 6.07) is 5.02. The maximum Gasteiger partial charge on any atom is 0.573 e. The summed E-state index contributed by atoms with van der Waals surface area (Å²) in [6.07, 6.45) is -2.99. The Morgan fingerprint density at radius 1 is 1.21 bits per heavy atom. The highest BCUT2D eigenvalue weighted by atomic mass is 19.4. The predicted molar refractivity (Wildman–Crippen MR) is 88.5 cm³/mol. The van der Waals surface area contributed by atoms with Crippen LogP contribution in [0.4, 0.5) is 24.9 Å². The van der Waals surface area contributed by atoms with Crippen molar-refractivity contribution in [1.29, 1.82) is 0 Å². The predicted octanol–water partition coefficient (Wildman–Crippen LogP) is 2.84. The summed E-state index contributed by atoms with van der Waals surface area (Å²) in [5.74, 6) is -0.927. The maximum atomic E-state index is 12.3. The standard InChI is InChI=1S/C17H15F3N4O4/c18-17(19,20)28-12-5-3-11(4-6-12)24-8-10(7-13(24)25)15-22-23-16(27-15)21-14(26)9-1-2-9/h3-6,9-10H,1-2,7-8H2,(H,21,23,26). The number of nitrogens with one attached hydrogen (secondary N) is 1. The number of hydrogen-bond acceptors (Lipinski definition) is 6. The second-order valence-corrected chi connectivity index (χ2v) is 6.66. The molecule has 1 unspecified atom stereocenters. The van der Waals surface area contributed by atoms with E-state index in [9.17, 15) is 22.8 Å². The van der Waals surface area contributed by atoms with Gasteiger partial charge in [-0.25, -0.2) is 0 Å². The van der Waals surface area contributed by atoms with Gasteiger partial charge in [-0.15, -0.1) is 18.3 Å². The first-order valence-corrected chi connectivity index (χ1v) is 8.59. The van der Waals surface area contributed by atoms with Crippen LogP contribution < -0.4 is 15.0 Å². The van der Waals surface area contributed by atoms with E-state index in [1.165, 1.54) is 17.0 Å². The first-order chi connectivity index (χ1) is 13.3. The zero-order chi connectivity index (χ0) is 19.9. The molecule has 1 aliphatic heterocycles. The summed E-state index contributed by atoms with van der Waals surface area (Å²) in [4.78, 5) is 25.5. The number of halogens is 3. The van der Waals surface area contributed by atoms with Crippen molar-refractivity contribution < 1.29 is 31.9 Å². The van der Waals surface area contributed by atoms with Crippen molar-refractivity contribution >= 4 is 23.5 Å². The maximum absolute atomic E-state index is 12.3. The molecule has 1 saturated heterocycles. The average molecular weight is 396 g/mol. The SMILES string of the molecule is O=C(Nc1nnc(C2CC(=O)N(c3ccc(OC(F)(F)F)cc3)C2)o1)C1CC1. The van der Waals surface area contributed by atoms with Gasteiger partial charge >= 0.3 is 12.4 Å². The average Bonchev–Trinajstić information content (AvgIpc) is 3.26. The largest absolute Gasteiger partial charge is 0.573 e. The van der Waals surface area contributed by atoms with Crippen LogP contribution in [0.3, 0.4) is 0 Å². The van der Waals surface area contributed by atoms with E-state index < -0.39 is 6.36 Å². The highest BCUT2D eigenvalue weighted by molar-refractivity contribution is 5.96. The van der Waals surface area contributed by atoms with E-state index in [1.54, 1.807) is 0 Å². The second-order valence-electron chi connectivity index (χ2n) is 6.66. The molecular weight excluding hydrogens is 381 g/mol. The Labute approximate surface area is 156 Å². The molecule has 4 rings (SSSR count). The van der Waals surface area contributed by atoms with Gasteiger partial charge in [0.05, 0.1) is 5.92 Å². The molecule has 1 saturated carbocycles. The summed E-state index contributed by atoms with van der Waals surface area (Å²) in [7, 11) is 0. The number of carbonyl (C=O) groups is 2. The molecule has 0 bridgehead atoms. The number of aromatic nitrogens is 2. The van der Waals surface area contributed by atoms with E-state index in [2.05, 4.69) is 20.3 Å². The van der Waals surface area contributed by atoms with Crippen LogP contribution >= 0.6 is 0 Å². The van der Waals surface area contributed by atoms with Gasteiger partial charge in [0.25, 0.3) is 0 Å². The number of carbonyl (C=O) groups excluding carboxylic acids is 2. The third kappa shape index (κ3) is 4.07. The van der Waals surface area contributed by atoms with Crippen LogP contribution in [-0.4, -0.2) is 34.9 Å². The molecule has 2 aromatic rings. The monoisotopic (exact) mass is 396 g/mol. The van der Waals surface area contributed by atoms with Gasteiger partial charge in [-0.2, -0.15) is 0 Å².